The predicted molar refractivity (Wildman–Crippen MR) is 137 cm³/mol. The van der Waals surface area contributed by atoms with Crippen molar-refractivity contribution in [1.82, 2.24) is 25.5 Å². The number of carbonyl (C=O) groups excluding carboxylic acids is 2. The highest BCUT2D eigenvalue weighted by Crippen LogP contribution is 2.31. The van der Waals surface area contributed by atoms with Crippen molar-refractivity contribution in [3.05, 3.63) is 66.3 Å². The van der Waals surface area contributed by atoms with Crippen LogP contribution in [0.1, 0.15) is 50.2 Å². The topological polar surface area (TPSA) is 129 Å². The van der Waals surface area contributed by atoms with Crippen molar-refractivity contribution in [1.29, 1.82) is 0 Å². The van der Waals surface area contributed by atoms with Crippen molar-refractivity contribution in [2.24, 2.45) is 0 Å². The van der Waals surface area contributed by atoms with Gasteiger partial charge in [0.15, 0.2) is 11.8 Å². The van der Waals surface area contributed by atoms with Crippen LogP contribution >= 0.6 is 0 Å². The molecule has 1 aliphatic carbocycles. The third-order valence-electron chi connectivity index (χ3n) is 6.41. The van der Waals surface area contributed by atoms with Crippen LogP contribution in [-0.2, 0) is 16.1 Å². The molecule has 3 heterocycles. The van der Waals surface area contributed by atoms with Crippen molar-refractivity contribution < 1.29 is 23.2 Å². The number of amides is 2. The van der Waals surface area contributed by atoms with Crippen LogP contribution in [0.25, 0.3) is 11.6 Å². The normalized spacial score (nSPS) is 14.4. The lowest BCUT2D eigenvalue weighted by Crippen LogP contribution is -2.47. The second-order valence-electron chi connectivity index (χ2n) is 9.15. The van der Waals surface area contributed by atoms with Gasteiger partial charge in [-0.25, -0.2) is 0 Å². The van der Waals surface area contributed by atoms with Gasteiger partial charge in [0.2, 0.25) is 5.82 Å². The van der Waals surface area contributed by atoms with Crippen molar-refractivity contribution >= 4 is 17.5 Å². The Hall–Kier alpha value is -4.41. The number of furan rings is 2. The van der Waals surface area contributed by atoms with E-state index in [-0.39, 0.29) is 24.3 Å². The number of carbonyl (C=O) groups is 2. The van der Waals surface area contributed by atoms with Crippen LogP contribution in [0.15, 0.2) is 63.6 Å². The molecule has 3 aromatic heterocycles. The first-order valence-corrected chi connectivity index (χ1v) is 12.7. The molecule has 11 heteroatoms. The number of anilines is 1. The van der Waals surface area contributed by atoms with Gasteiger partial charge >= 0.3 is 0 Å². The van der Waals surface area contributed by atoms with E-state index in [1.54, 1.807) is 48.5 Å². The standard InChI is InChI=1S/C27H30N6O5/c1-3-36-21-13-11-20(12-14-21)33(24(34)17-32-30-26(29-31-32)23-15-10-18(2)38-23)25(22-9-6-16-37-22)27(35)28-19-7-4-5-8-19/h6,9-16,19,25H,3-5,7-8,17H2,1-2H3,(H,28,35). The lowest BCUT2D eigenvalue weighted by atomic mass is 10.1. The molecule has 4 aromatic rings. The van der Waals surface area contributed by atoms with E-state index >= 15 is 0 Å². The van der Waals surface area contributed by atoms with Gasteiger partial charge in [0.05, 0.1) is 12.9 Å². The van der Waals surface area contributed by atoms with Gasteiger partial charge in [-0.2, -0.15) is 4.80 Å². The Morgan fingerprint density at radius 2 is 1.95 bits per heavy atom. The molecule has 1 aromatic carbocycles. The van der Waals surface area contributed by atoms with Crippen molar-refractivity contribution in [3.63, 3.8) is 0 Å². The monoisotopic (exact) mass is 518 g/mol. The number of benzene rings is 1. The second-order valence-corrected chi connectivity index (χ2v) is 9.15. The van der Waals surface area contributed by atoms with Crippen LogP contribution in [-0.4, -0.2) is 44.7 Å². The first-order chi connectivity index (χ1) is 18.5. The molecule has 0 aliphatic heterocycles. The first kappa shape index (κ1) is 25.2. The SMILES string of the molecule is CCOc1ccc(N(C(=O)Cn2nnc(-c3ccc(C)o3)n2)C(C(=O)NC2CCCC2)c2ccco2)cc1. The molecule has 2 amide bonds. The number of aromatic nitrogens is 4. The quantitative estimate of drug-likeness (QED) is 0.333. The molecule has 1 saturated carbocycles. The Bertz CT molecular complexity index is 1350. The Morgan fingerprint density at radius 1 is 1.16 bits per heavy atom. The zero-order valence-electron chi connectivity index (χ0n) is 21.4. The van der Waals surface area contributed by atoms with Gasteiger partial charge in [-0.3, -0.25) is 14.5 Å². The molecular weight excluding hydrogens is 488 g/mol. The van der Waals surface area contributed by atoms with E-state index in [0.29, 0.717) is 35.3 Å². The van der Waals surface area contributed by atoms with Crippen molar-refractivity contribution in [2.75, 3.05) is 11.5 Å². The van der Waals surface area contributed by atoms with Gasteiger partial charge in [-0.15, -0.1) is 10.2 Å². The van der Waals surface area contributed by atoms with Crippen LogP contribution in [0.2, 0.25) is 0 Å². The summed E-state index contributed by atoms with van der Waals surface area (Å²) < 4.78 is 16.8. The summed E-state index contributed by atoms with van der Waals surface area (Å²) in [6.45, 7) is 3.97. The molecule has 1 atom stereocenters. The predicted octanol–water partition coefficient (Wildman–Crippen LogP) is 4.07. The molecule has 1 unspecified atom stereocenters. The minimum atomic E-state index is -1.04. The summed E-state index contributed by atoms with van der Waals surface area (Å²) in [7, 11) is 0. The summed E-state index contributed by atoms with van der Waals surface area (Å²) in [5.41, 5.74) is 0.503. The summed E-state index contributed by atoms with van der Waals surface area (Å²) in [4.78, 5) is 30.2. The van der Waals surface area contributed by atoms with Gasteiger partial charge in [0.1, 0.15) is 23.8 Å². The highest BCUT2D eigenvalue weighted by Gasteiger charge is 2.36. The number of tetrazole rings is 1. The Morgan fingerprint density at radius 3 is 2.61 bits per heavy atom. The zero-order chi connectivity index (χ0) is 26.5. The van der Waals surface area contributed by atoms with Crippen LogP contribution in [0.4, 0.5) is 5.69 Å². The number of nitrogens with one attached hydrogen (secondary N) is 1. The minimum Gasteiger partial charge on any atom is -0.494 e. The van der Waals surface area contributed by atoms with E-state index in [1.165, 1.54) is 16.0 Å². The Labute approximate surface area is 219 Å². The molecule has 0 spiro atoms. The van der Waals surface area contributed by atoms with E-state index in [2.05, 4.69) is 20.7 Å². The minimum absolute atomic E-state index is 0.0635. The number of hydrogen-bond acceptors (Lipinski definition) is 8. The maximum atomic E-state index is 13.9. The molecule has 11 nitrogen and oxygen atoms in total. The third kappa shape index (κ3) is 5.61. The molecule has 0 bridgehead atoms. The number of aryl methyl sites for hydroxylation is 1. The summed E-state index contributed by atoms with van der Waals surface area (Å²) in [5, 5.41) is 15.5. The largest absolute Gasteiger partial charge is 0.494 e. The van der Waals surface area contributed by atoms with Crippen LogP contribution < -0.4 is 15.0 Å². The number of ether oxygens (including phenoxy) is 1. The molecule has 5 rings (SSSR count). The fraction of sp³-hybridized carbons (Fsp3) is 0.370. The molecule has 0 saturated heterocycles. The fourth-order valence-electron chi connectivity index (χ4n) is 4.64. The number of nitrogens with zero attached hydrogens (tertiary/aromatic N) is 5. The van der Waals surface area contributed by atoms with Crippen LogP contribution in [0, 0.1) is 6.92 Å². The van der Waals surface area contributed by atoms with Crippen LogP contribution in [0.3, 0.4) is 0 Å². The maximum absolute atomic E-state index is 13.9. The van der Waals surface area contributed by atoms with Crippen molar-refractivity contribution in [2.45, 2.75) is 58.2 Å². The lowest BCUT2D eigenvalue weighted by molar-refractivity contribution is -0.128. The molecule has 1 N–H and O–H groups in total. The highest BCUT2D eigenvalue weighted by atomic mass is 16.5. The van der Waals surface area contributed by atoms with Gasteiger partial charge in [0, 0.05) is 11.7 Å². The second kappa shape index (κ2) is 11.3. The Balaban J connectivity index is 1.47. The molecule has 0 radical (unpaired) electrons. The van der Waals surface area contributed by atoms with E-state index in [4.69, 9.17) is 13.6 Å². The Kier molecular flexibility index (Phi) is 7.52. The average Bonchev–Trinajstić information content (AvgIpc) is 3.71. The van der Waals surface area contributed by atoms with E-state index < -0.39 is 11.9 Å². The van der Waals surface area contributed by atoms with Gasteiger partial charge in [-0.1, -0.05) is 12.8 Å². The van der Waals surface area contributed by atoms with Crippen molar-refractivity contribution in [3.8, 4) is 17.3 Å². The summed E-state index contributed by atoms with van der Waals surface area (Å²) in [5.74, 6) is 1.70. The average molecular weight is 519 g/mol. The number of rotatable bonds is 10. The lowest BCUT2D eigenvalue weighted by Gasteiger charge is -2.30. The summed E-state index contributed by atoms with van der Waals surface area (Å²) in [6.07, 6.45) is 5.43. The molecular formula is C27H30N6O5. The van der Waals surface area contributed by atoms with Gasteiger partial charge < -0.3 is 18.9 Å². The molecule has 1 aliphatic rings. The maximum Gasteiger partial charge on any atom is 0.251 e. The van der Waals surface area contributed by atoms with Gasteiger partial charge in [0.25, 0.3) is 11.8 Å². The first-order valence-electron chi connectivity index (χ1n) is 12.7. The number of hydrogen-bond donors (Lipinski definition) is 1. The molecule has 1 fully saturated rings. The summed E-state index contributed by atoms with van der Waals surface area (Å²) >= 11 is 0. The van der Waals surface area contributed by atoms with Crippen LogP contribution in [0.5, 0.6) is 5.75 Å². The smallest absolute Gasteiger partial charge is 0.251 e. The molecule has 38 heavy (non-hydrogen) atoms. The molecule has 198 valence electrons. The zero-order valence-corrected chi connectivity index (χ0v) is 21.4. The van der Waals surface area contributed by atoms with Gasteiger partial charge in [-0.05, 0) is 80.4 Å². The van der Waals surface area contributed by atoms with E-state index in [9.17, 15) is 9.59 Å². The highest BCUT2D eigenvalue weighted by molar-refractivity contribution is 6.01. The van der Waals surface area contributed by atoms with E-state index in [1.807, 2.05) is 13.8 Å². The fourth-order valence-corrected chi connectivity index (χ4v) is 4.64. The van der Waals surface area contributed by atoms with E-state index in [0.717, 1.165) is 25.7 Å². The summed E-state index contributed by atoms with van der Waals surface area (Å²) in [6, 6.07) is 13.0. The third-order valence-corrected chi connectivity index (χ3v) is 6.41.